The number of pyridine rings is 1. The minimum absolute atomic E-state index is 0.00420. The van der Waals surface area contributed by atoms with Crippen molar-refractivity contribution in [1.29, 1.82) is 0 Å². The lowest BCUT2D eigenvalue weighted by Crippen LogP contribution is -2.21. The van der Waals surface area contributed by atoms with Crippen molar-refractivity contribution in [1.82, 2.24) is 19.5 Å². The number of carbonyl (C=O) groups is 1. The molecule has 4 aromatic carbocycles. The van der Waals surface area contributed by atoms with Crippen LogP contribution in [0, 0.1) is 6.92 Å². The van der Waals surface area contributed by atoms with Crippen molar-refractivity contribution in [2.45, 2.75) is 11.8 Å². The van der Waals surface area contributed by atoms with Gasteiger partial charge in [0, 0.05) is 35.4 Å². The fraction of sp³-hybridized carbons (Fsp3) is 0.0606. The smallest absolute Gasteiger partial charge is 0.320 e. The van der Waals surface area contributed by atoms with Crippen LogP contribution in [0.5, 0.6) is 6.01 Å². The first-order valence-corrected chi connectivity index (χ1v) is 15.8. The number of aromatic hydroxyl groups is 1. The summed E-state index contributed by atoms with van der Waals surface area (Å²) in [6, 6.07) is 22.7. The molecule has 7 rings (SSSR count). The second-order valence-corrected chi connectivity index (χ2v) is 12.5. The average molecular weight is 663 g/mol. The SMILES string of the molecule is Cc1cccc(Nc2nc(O)nc(Nc3ccc(S(=O)(=O)ON)c(Nc4ccc5c6c(cc(=O)n5C)-c5ccccc5C(=O)c46)c3)n2)c1. The third-order valence-electron chi connectivity index (χ3n) is 7.90. The monoisotopic (exact) mass is 662 g/mol. The molecule has 240 valence electrons. The van der Waals surface area contributed by atoms with Gasteiger partial charge in [-0.2, -0.15) is 33.6 Å². The molecule has 0 radical (unpaired) electrons. The lowest BCUT2D eigenvalue weighted by atomic mass is 9.83. The molecule has 2 aromatic heterocycles. The highest BCUT2D eigenvalue weighted by atomic mass is 32.2. The first kappa shape index (κ1) is 30.5. The molecule has 0 aliphatic heterocycles. The minimum atomic E-state index is -4.46. The van der Waals surface area contributed by atoms with E-state index in [4.69, 9.17) is 5.90 Å². The van der Waals surface area contributed by atoms with E-state index < -0.39 is 16.1 Å². The molecule has 1 aliphatic rings. The molecule has 0 spiro atoms. The molecule has 6 N–H and O–H groups in total. The molecule has 0 fully saturated rings. The van der Waals surface area contributed by atoms with E-state index in [-0.39, 0.29) is 45.1 Å². The van der Waals surface area contributed by atoms with Gasteiger partial charge in [0.25, 0.3) is 5.56 Å². The van der Waals surface area contributed by atoms with Gasteiger partial charge in [-0.25, -0.2) is 0 Å². The van der Waals surface area contributed by atoms with Crippen LogP contribution in [-0.4, -0.2) is 38.8 Å². The summed E-state index contributed by atoms with van der Waals surface area (Å²) in [6.45, 7) is 1.93. The number of carbonyl (C=O) groups excluding carboxylic acids is 1. The van der Waals surface area contributed by atoms with Gasteiger partial charge in [-0.1, -0.05) is 36.4 Å². The molecule has 0 atom stereocenters. The lowest BCUT2D eigenvalue weighted by molar-refractivity contribution is 0.104. The first-order chi connectivity index (χ1) is 23.0. The Morgan fingerprint density at radius 2 is 1.48 bits per heavy atom. The predicted octanol–water partition coefficient (Wildman–Crippen LogP) is 4.76. The zero-order valence-corrected chi connectivity index (χ0v) is 26.2. The van der Waals surface area contributed by atoms with Crippen LogP contribution in [0.2, 0.25) is 0 Å². The molecule has 0 unspecified atom stereocenters. The van der Waals surface area contributed by atoms with Gasteiger partial charge in [-0.05, 0) is 66.1 Å². The molecule has 48 heavy (non-hydrogen) atoms. The molecular formula is C33H26N8O6S. The third kappa shape index (κ3) is 5.37. The van der Waals surface area contributed by atoms with Crippen molar-refractivity contribution in [3.05, 3.63) is 112 Å². The highest BCUT2D eigenvalue weighted by Crippen LogP contribution is 2.42. The van der Waals surface area contributed by atoms with Crippen molar-refractivity contribution in [3.8, 4) is 17.1 Å². The Hall–Kier alpha value is -6.16. The number of ketones is 1. The third-order valence-corrected chi connectivity index (χ3v) is 9.05. The number of nitrogens with two attached hydrogens (primary N) is 1. The highest BCUT2D eigenvalue weighted by molar-refractivity contribution is 7.86. The lowest BCUT2D eigenvalue weighted by Gasteiger charge is -2.24. The van der Waals surface area contributed by atoms with Gasteiger partial charge in [-0.3, -0.25) is 9.59 Å². The summed E-state index contributed by atoms with van der Waals surface area (Å²) in [7, 11) is -2.84. The van der Waals surface area contributed by atoms with Crippen LogP contribution in [0.25, 0.3) is 22.0 Å². The highest BCUT2D eigenvalue weighted by Gasteiger charge is 2.30. The molecule has 15 heteroatoms. The number of nitrogens with zero attached hydrogens (tertiary/aromatic N) is 4. The molecular weight excluding hydrogens is 636 g/mol. The van der Waals surface area contributed by atoms with Gasteiger partial charge < -0.3 is 25.6 Å². The number of fused-ring (bicyclic) bond motifs is 2. The van der Waals surface area contributed by atoms with E-state index in [2.05, 4.69) is 35.2 Å². The van der Waals surface area contributed by atoms with E-state index in [0.29, 0.717) is 39.0 Å². The largest absolute Gasteiger partial charge is 0.479 e. The van der Waals surface area contributed by atoms with E-state index in [9.17, 15) is 23.1 Å². The Balaban J connectivity index is 1.32. The Labute approximate surface area is 273 Å². The van der Waals surface area contributed by atoms with Crippen LogP contribution < -0.4 is 27.4 Å². The van der Waals surface area contributed by atoms with Crippen molar-refractivity contribution >= 4 is 61.5 Å². The number of benzene rings is 4. The summed E-state index contributed by atoms with van der Waals surface area (Å²) in [5, 5.41) is 19.8. The predicted molar refractivity (Wildman–Crippen MR) is 179 cm³/mol. The van der Waals surface area contributed by atoms with Gasteiger partial charge >= 0.3 is 16.1 Å². The van der Waals surface area contributed by atoms with Crippen LogP contribution in [0.1, 0.15) is 21.5 Å². The maximum absolute atomic E-state index is 14.0. The quantitative estimate of drug-likeness (QED) is 0.140. The van der Waals surface area contributed by atoms with E-state index >= 15 is 0 Å². The molecule has 0 bridgehead atoms. The molecule has 14 nitrogen and oxygen atoms in total. The number of nitrogens with one attached hydrogen (secondary N) is 3. The fourth-order valence-electron chi connectivity index (χ4n) is 5.74. The van der Waals surface area contributed by atoms with Crippen LogP contribution >= 0.6 is 0 Å². The van der Waals surface area contributed by atoms with Crippen LogP contribution in [0.15, 0.2) is 94.6 Å². The van der Waals surface area contributed by atoms with Crippen LogP contribution in [0.3, 0.4) is 0 Å². The molecule has 0 saturated heterocycles. The summed E-state index contributed by atoms with van der Waals surface area (Å²) in [4.78, 5) is 38.7. The standard InChI is InChI=1S/C33H26N8O6S/c1-17-6-5-7-18(14-17)35-31-38-32(40-33(44)39-31)36-19-10-13-26(48(45,46)47-34)24(15-19)37-23-11-12-25-28-22(16-27(42)41(25)2)20-8-3-4-9-21(20)30(43)29(23)28/h3-16,37H,34H2,1-2H3,(H3,35,36,38,39,40,44). The summed E-state index contributed by atoms with van der Waals surface area (Å²) in [5.41, 5.74) is 4.39. The van der Waals surface area contributed by atoms with Crippen molar-refractivity contribution in [2.24, 2.45) is 12.9 Å². The Kier molecular flexibility index (Phi) is 7.35. The number of aromatic nitrogens is 4. The summed E-state index contributed by atoms with van der Waals surface area (Å²) in [5.74, 6) is 4.85. The van der Waals surface area contributed by atoms with Crippen LogP contribution in [-0.2, 0) is 21.4 Å². The zero-order chi connectivity index (χ0) is 33.7. The summed E-state index contributed by atoms with van der Waals surface area (Å²) < 4.78 is 31.6. The van der Waals surface area contributed by atoms with Crippen molar-refractivity contribution in [3.63, 3.8) is 0 Å². The average Bonchev–Trinajstić information content (AvgIpc) is 3.05. The van der Waals surface area contributed by atoms with Crippen molar-refractivity contribution < 1.29 is 22.6 Å². The van der Waals surface area contributed by atoms with E-state index in [1.54, 1.807) is 43.4 Å². The van der Waals surface area contributed by atoms with E-state index in [0.717, 1.165) is 5.56 Å². The number of rotatable bonds is 8. The number of anilines is 6. The zero-order valence-electron chi connectivity index (χ0n) is 25.3. The Morgan fingerprint density at radius 3 is 2.19 bits per heavy atom. The molecule has 1 aliphatic carbocycles. The number of aryl methyl sites for hydroxylation is 2. The first-order valence-electron chi connectivity index (χ1n) is 14.4. The Bertz CT molecular complexity index is 2480. The Morgan fingerprint density at radius 1 is 0.771 bits per heavy atom. The second-order valence-electron chi connectivity index (χ2n) is 11.0. The summed E-state index contributed by atoms with van der Waals surface area (Å²) in [6.07, 6.45) is 0. The maximum atomic E-state index is 14.0. The minimum Gasteiger partial charge on any atom is -0.479 e. The molecule has 2 heterocycles. The van der Waals surface area contributed by atoms with Gasteiger partial charge in [0.2, 0.25) is 11.9 Å². The van der Waals surface area contributed by atoms with Gasteiger partial charge in [0.05, 0.1) is 22.5 Å². The van der Waals surface area contributed by atoms with E-state index in [1.807, 2.05) is 31.2 Å². The number of hydrogen-bond acceptors (Lipinski definition) is 13. The topological polar surface area (TPSA) is 203 Å². The van der Waals surface area contributed by atoms with Crippen LogP contribution in [0.4, 0.5) is 34.6 Å². The van der Waals surface area contributed by atoms with Crippen molar-refractivity contribution in [2.75, 3.05) is 16.0 Å². The number of hydrogen-bond donors (Lipinski definition) is 5. The molecule has 0 amide bonds. The van der Waals surface area contributed by atoms with E-state index in [1.165, 1.54) is 28.8 Å². The molecule has 6 aromatic rings. The van der Waals surface area contributed by atoms with Gasteiger partial charge in [-0.15, -0.1) is 0 Å². The maximum Gasteiger partial charge on any atom is 0.320 e. The van der Waals surface area contributed by atoms with Gasteiger partial charge in [0.1, 0.15) is 4.90 Å². The fourth-order valence-corrected chi connectivity index (χ4v) is 6.45. The van der Waals surface area contributed by atoms with Gasteiger partial charge in [0.15, 0.2) is 5.78 Å². The normalized spacial score (nSPS) is 12.1. The second kappa shape index (κ2) is 11.6. The summed E-state index contributed by atoms with van der Waals surface area (Å²) >= 11 is 0. The molecule has 0 saturated carbocycles.